The van der Waals surface area contributed by atoms with E-state index in [1.54, 1.807) is 6.07 Å². The first-order valence-corrected chi connectivity index (χ1v) is 7.22. The lowest BCUT2D eigenvalue weighted by molar-refractivity contribution is 0.0944. The summed E-state index contributed by atoms with van der Waals surface area (Å²) in [7, 11) is 0. The van der Waals surface area contributed by atoms with Gasteiger partial charge < -0.3 is 14.8 Å². The Morgan fingerprint density at radius 3 is 2.77 bits per heavy atom. The zero-order valence-corrected chi connectivity index (χ0v) is 12.0. The second-order valence-corrected chi connectivity index (χ2v) is 5.14. The number of carbonyl (C=O) groups excluding carboxylic acids is 1. The van der Waals surface area contributed by atoms with E-state index in [0.29, 0.717) is 18.5 Å². The van der Waals surface area contributed by atoms with Gasteiger partial charge in [-0.05, 0) is 29.3 Å². The number of nitrogens with one attached hydrogen (secondary N) is 1. The molecule has 2 aromatic carbocycles. The van der Waals surface area contributed by atoms with Crippen molar-refractivity contribution in [1.29, 1.82) is 0 Å². The Labute approximate surface area is 128 Å². The van der Waals surface area contributed by atoms with Crippen LogP contribution in [0.3, 0.4) is 0 Å². The van der Waals surface area contributed by atoms with Gasteiger partial charge in [0, 0.05) is 17.7 Å². The van der Waals surface area contributed by atoms with Crippen LogP contribution in [0.1, 0.15) is 28.4 Å². The van der Waals surface area contributed by atoms with Gasteiger partial charge in [0.05, 0.1) is 18.6 Å². The second-order valence-electron chi connectivity index (χ2n) is 5.14. The van der Waals surface area contributed by atoms with E-state index in [9.17, 15) is 9.90 Å². The van der Waals surface area contributed by atoms with Crippen molar-refractivity contribution in [3.8, 4) is 0 Å². The number of furan rings is 1. The summed E-state index contributed by atoms with van der Waals surface area (Å²) >= 11 is 0. The Balaban J connectivity index is 1.64. The van der Waals surface area contributed by atoms with Crippen molar-refractivity contribution in [3.05, 3.63) is 72.2 Å². The summed E-state index contributed by atoms with van der Waals surface area (Å²) in [5.41, 5.74) is 1.37. The summed E-state index contributed by atoms with van der Waals surface area (Å²) in [6.45, 7) is 0.397. The summed E-state index contributed by atoms with van der Waals surface area (Å²) in [5, 5.41) is 14.8. The van der Waals surface area contributed by atoms with Crippen LogP contribution in [-0.4, -0.2) is 17.6 Å². The monoisotopic (exact) mass is 295 g/mol. The molecule has 4 nitrogen and oxygen atoms in total. The number of fused-ring (bicyclic) bond motifs is 1. The van der Waals surface area contributed by atoms with Crippen molar-refractivity contribution in [1.82, 2.24) is 5.32 Å². The zero-order chi connectivity index (χ0) is 15.4. The topological polar surface area (TPSA) is 62.5 Å². The fourth-order valence-corrected chi connectivity index (χ4v) is 2.47. The van der Waals surface area contributed by atoms with Crippen LogP contribution in [0.15, 0.2) is 65.5 Å². The van der Waals surface area contributed by atoms with Gasteiger partial charge in [0.25, 0.3) is 5.91 Å². The summed E-state index contributed by atoms with van der Waals surface area (Å²) < 4.78 is 4.93. The average Bonchev–Trinajstić information content (AvgIpc) is 3.08. The van der Waals surface area contributed by atoms with Gasteiger partial charge in [-0.25, -0.2) is 0 Å². The molecular weight excluding hydrogens is 278 g/mol. The Morgan fingerprint density at radius 2 is 1.95 bits per heavy atom. The first-order chi connectivity index (χ1) is 10.8. The van der Waals surface area contributed by atoms with E-state index in [4.69, 9.17) is 4.42 Å². The van der Waals surface area contributed by atoms with Crippen molar-refractivity contribution in [2.75, 3.05) is 6.54 Å². The fourth-order valence-electron chi connectivity index (χ4n) is 2.47. The summed E-state index contributed by atoms with van der Waals surface area (Å²) in [6, 6.07) is 15.2. The molecule has 0 spiro atoms. The molecule has 0 saturated heterocycles. The van der Waals surface area contributed by atoms with E-state index in [-0.39, 0.29) is 5.91 Å². The minimum Gasteiger partial charge on any atom is -0.472 e. The molecule has 1 heterocycles. The molecule has 0 aliphatic heterocycles. The Kier molecular flexibility index (Phi) is 4.21. The predicted octanol–water partition coefficient (Wildman–Crippen LogP) is 3.29. The molecule has 4 heteroatoms. The minimum absolute atomic E-state index is 0.129. The number of hydrogen-bond donors (Lipinski definition) is 2. The third kappa shape index (κ3) is 3.02. The molecule has 0 aliphatic carbocycles. The number of carbonyl (C=O) groups is 1. The van der Waals surface area contributed by atoms with Crippen molar-refractivity contribution >= 4 is 16.7 Å². The Bertz CT molecular complexity index is 760. The van der Waals surface area contributed by atoms with E-state index >= 15 is 0 Å². The summed E-state index contributed by atoms with van der Waals surface area (Å²) in [6.07, 6.45) is 2.84. The van der Waals surface area contributed by atoms with Crippen LogP contribution in [0, 0.1) is 0 Å². The molecule has 0 unspecified atom stereocenters. The van der Waals surface area contributed by atoms with Crippen molar-refractivity contribution in [2.45, 2.75) is 12.5 Å². The molecule has 1 atom stereocenters. The SMILES string of the molecule is O=C(NCC[C@H](O)c1ccoc1)c1cccc2ccccc12. The minimum atomic E-state index is -0.633. The van der Waals surface area contributed by atoms with Crippen LogP contribution >= 0.6 is 0 Å². The predicted molar refractivity (Wildman–Crippen MR) is 84.6 cm³/mol. The van der Waals surface area contributed by atoms with Gasteiger partial charge in [0.1, 0.15) is 0 Å². The fraction of sp³-hybridized carbons (Fsp3) is 0.167. The van der Waals surface area contributed by atoms with Gasteiger partial charge in [-0.2, -0.15) is 0 Å². The highest BCUT2D eigenvalue weighted by Crippen LogP contribution is 2.19. The standard InChI is InChI=1S/C18H17NO3/c20-17(14-9-11-22-12-14)8-10-19-18(21)16-7-3-5-13-4-1-2-6-15(13)16/h1-7,9,11-12,17,20H,8,10H2,(H,19,21)/t17-/m0/s1. The van der Waals surface area contributed by atoms with Crippen LogP contribution < -0.4 is 5.32 Å². The Hall–Kier alpha value is -2.59. The second kappa shape index (κ2) is 6.45. The molecule has 3 aromatic rings. The van der Waals surface area contributed by atoms with Crippen LogP contribution in [-0.2, 0) is 0 Å². The van der Waals surface area contributed by atoms with Crippen LogP contribution in [0.4, 0.5) is 0 Å². The smallest absolute Gasteiger partial charge is 0.251 e. The lowest BCUT2D eigenvalue weighted by Gasteiger charge is -2.10. The number of hydrogen-bond acceptors (Lipinski definition) is 3. The lowest BCUT2D eigenvalue weighted by Crippen LogP contribution is -2.25. The lowest BCUT2D eigenvalue weighted by atomic mass is 10.0. The van der Waals surface area contributed by atoms with Crippen LogP contribution in [0.25, 0.3) is 10.8 Å². The van der Waals surface area contributed by atoms with E-state index in [2.05, 4.69) is 5.32 Å². The molecule has 3 rings (SSSR count). The number of aliphatic hydroxyl groups excluding tert-OH is 1. The first-order valence-electron chi connectivity index (χ1n) is 7.22. The first kappa shape index (κ1) is 14.4. The molecule has 112 valence electrons. The van der Waals surface area contributed by atoms with E-state index in [1.807, 2.05) is 42.5 Å². The van der Waals surface area contributed by atoms with Gasteiger partial charge in [0.2, 0.25) is 0 Å². The quantitative estimate of drug-likeness (QED) is 0.759. The maximum Gasteiger partial charge on any atom is 0.251 e. The van der Waals surface area contributed by atoms with E-state index in [1.165, 1.54) is 12.5 Å². The highest BCUT2D eigenvalue weighted by molar-refractivity contribution is 6.06. The molecule has 2 N–H and O–H groups in total. The molecule has 0 aliphatic rings. The number of amides is 1. The molecule has 0 fully saturated rings. The molecule has 0 saturated carbocycles. The number of rotatable bonds is 5. The van der Waals surface area contributed by atoms with Gasteiger partial charge in [-0.1, -0.05) is 36.4 Å². The van der Waals surface area contributed by atoms with Crippen molar-refractivity contribution in [3.63, 3.8) is 0 Å². The van der Waals surface area contributed by atoms with Crippen LogP contribution in [0.2, 0.25) is 0 Å². The molecule has 1 amide bonds. The van der Waals surface area contributed by atoms with Crippen LogP contribution in [0.5, 0.6) is 0 Å². The van der Waals surface area contributed by atoms with Gasteiger partial charge in [-0.15, -0.1) is 0 Å². The highest BCUT2D eigenvalue weighted by atomic mass is 16.3. The average molecular weight is 295 g/mol. The molecule has 1 aromatic heterocycles. The van der Waals surface area contributed by atoms with Gasteiger partial charge in [-0.3, -0.25) is 4.79 Å². The number of aliphatic hydroxyl groups is 1. The third-order valence-corrected chi connectivity index (χ3v) is 3.67. The third-order valence-electron chi connectivity index (χ3n) is 3.67. The Morgan fingerprint density at radius 1 is 1.14 bits per heavy atom. The maximum absolute atomic E-state index is 12.3. The van der Waals surface area contributed by atoms with Gasteiger partial charge >= 0.3 is 0 Å². The van der Waals surface area contributed by atoms with Crippen molar-refractivity contribution in [2.24, 2.45) is 0 Å². The molecule has 0 radical (unpaired) electrons. The van der Waals surface area contributed by atoms with E-state index < -0.39 is 6.10 Å². The number of benzene rings is 2. The highest BCUT2D eigenvalue weighted by Gasteiger charge is 2.12. The van der Waals surface area contributed by atoms with Crippen molar-refractivity contribution < 1.29 is 14.3 Å². The van der Waals surface area contributed by atoms with E-state index in [0.717, 1.165) is 16.3 Å². The largest absolute Gasteiger partial charge is 0.472 e. The summed E-state index contributed by atoms with van der Waals surface area (Å²) in [4.78, 5) is 12.3. The molecular formula is C18H17NO3. The zero-order valence-electron chi connectivity index (χ0n) is 12.0. The molecule has 22 heavy (non-hydrogen) atoms. The molecule has 0 bridgehead atoms. The van der Waals surface area contributed by atoms with Gasteiger partial charge in [0.15, 0.2) is 0 Å². The maximum atomic E-state index is 12.3. The normalized spacial score (nSPS) is 12.2. The summed E-state index contributed by atoms with van der Waals surface area (Å²) in [5.74, 6) is -0.129.